The largest absolute Gasteiger partial charge is 0.378 e. The summed E-state index contributed by atoms with van der Waals surface area (Å²) in [6.07, 6.45) is 3.18. The second kappa shape index (κ2) is 4.72. The van der Waals surface area contributed by atoms with Gasteiger partial charge in [-0.1, -0.05) is 19.9 Å². The normalized spacial score (nSPS) is 32.2. The molecular weight excluding hydrogens is 230 g/mol. The van der Waals surface area contributed by atoms with Gasteiger partial charge >= 0.3 is 6.03 Å². The summed E-state index contributed by atoms with van der Waals surface area (Å²) in [7, 11) is 0. The third kappa shape index (κ3) is 1.92. The minimum Gasteiger partial charge on any atom is -0.378 e. The highest BCUT2D eigenvalue weighted by molar-refractivity contribution is 6.08. The SMILES string of the molecule is C=CCN1C(=O)NC(=N)C12CCOC(C(C)C)C2. The van der Waals surface area contributed by atoms with Crippen molar-refractivity contribution < 1.29 is 9.53 Å². The van der Waals surface area contributed by atoms with Gasteiger partial charge in [0.2, 0.25) is 0 Å². The highest BCUT2D eigenvalue weighted by Gasteiger charge is 2.52. The number of urea groups is 1. The molecule has 2 aliphatic rings. The molecule has 2 rings (SSSR count). The van der Waals surface area contributed by atoms with E-state index >= 15 is 0 Å². The van der Waals surface area contributed by atoms with Crippen LogP contribution in [0.5, 0.6) is 0 Å². The number of nitrogens with one attached hydrogen (secondary N) is 2. The molecule has 2 saturated heterocycles. The molecule has 0 aliphatic carbocycles. The number of amides is 2. The van der Waals surface area contributed by atoms with Gasteiger partial charge in [0.15, 0.2) is 0 Å². The Morgan fingerprint density at radius 2 is 2.44 bits per heavy atom. The zero-order valence-electron chi connectivity index (χ0n) is 11.0. The Hall–Kier alpha value is -1.36. The molecule has 0 aromatic rings. The summed E-state index contributed by atoms with van der Waals surface area (Å²) < 4.78 is 5.75. The monoisotopic (exact) mass is 251 g/mol. The molecule has 1 spiro atoms. The molecule has 2 atom stereocenters. The van der Waals surface area contributed by atoms with Gasteiger partial charge in [-0.05, 0) is 5.92 Å². The number of carbonyl (C=O) groups is 1. The van der Waals surface area contributed by atoms with Crippen molar-refractivity contribution in [2.24, 2.45) is 5.92 Å². The first kappa shape index (κ1) is 13.1. The Kier molecular flexibility index (Phi) is 3.43. The molecule has 0 aromatic heterocycles. The predicted octanol–water partition coefficient (Wildman–Crippen LogP) is 1.75. The van der Waals surface area contributed by atoms with Crippen LogP contribution in [0, 0.1) is 11.3 Å². The molecule has 2 aliphatic heterocycles. The molecule has 2 unspecified atom stereocenters. The molecule has 100 valence electrons. The summed E-state index contributed by atoms with van der Waals surface area (Å²) in [5, 5.41) is 10.7. The van der Waals surface area contributed by atoms with Crippen molar-refractivity contribution in [3.05, 3.63) is 12.7 Å². The van der Waals surface area contributed by atoms with E-state index in [9.17, 15) is 4.79 Å². The third-order valence-corrected chi connectivity index (χ3v) is 3.90. The van der Waals surface area contributed by atoms with Gasteiger partial charge in [0.25, 0.3) is 0 Å². The molecule has 5 heteroatoms. The number of hydrogen-bond acceptors (Lipinski definition) is 3. The summed E-state index contributed by atoms with van der Waals surface area (Å²) in [5.41, 5.74) is -0.515. The lowest BCUT2D eigenvalue weighted by atomic mass is 9.82. The first-order valence-corrected chi connectivity index (χ1v) is 6.41. The number of nitrogens with zero attached hydrogens (tertiary/aromatic N) is 1. The molecule has 0 bridgehead atoms. The predicted molar refractivity (Wildman–Crippen MR) is 69.7 cm³/mol. The number of ether oxygens (including phenoxy) is 1. The number of rotatable bonds is 3. The van der Waals surface area contributed by atoms with Crippen molar-refractivity contribution in [1.29, 1.82) is 5.41 Å². The zero-order valence-corrected chi connectivity index (χ0v) is 11.0. The van der Waals surface area contributed by atoms with Crippen LogP contribution in [-0.2, 0) is 4.74 Å². The highest BCUT2D eigenvalue weighted by Crippen LogP contribution is 2.36. The minimum absolute atomic E-state index is 0.0964. The maximum atomic E-state index is 11.9. The molecule has 5 nitrogen and oxygen atoms in total. The van der Waals surface area contributed by atoms with E-state index in [2.05, 4.69) is 25.7 Å². The van der Waals surface area contributed by atoms with Gasteiger partial charge in [0.1, 0.15) is 11.4 Å². The summed E-state index contributed by atoms with van der Waals surface area (Å²) >= 11 is 0. The van der Waals surface area contributed by atoms with Gasteiger partial charge in [-0.2, -0.15) is 0 Å². The van der Waals surface area contributed by atoms with Crippen LogP contribution in [0.2, 0.25) is 0 Å². The van der Waals surface area contributed by atoms with Crippen LogP contribution in [0.25, 0.3) is 0 Å². The topological polar surface area (TPSA) is 65.4 Å². The van der Waals surface area contributed by atoms with Crippen LogP contribution in [0.1, 0.15) is 26.7 Å². The van der Waals surface area contributed by atoms with E-state index in [1.165, 1.54) is 0 Å². The molecule has 0 radical (unpaired) electrons. The maximum Gasteiger partial charge on any atom is 0.323 e. The Bertz CT molecular complexity index is 380. The van der Waals surface area contributed by atoms with E-state index in [0.29, 0.717) is 37.7 Å². The van der Waals surface area contributed by atoms with Crippen molar-refractivity contribution in [3.63, 3.8) is 0 Å². The Balaban J connectivity index is 2.28. The summed E-state index contributed by atoms with van der Waals surface area (Å²) in [6.45, 7) is 8.97. The average Bonchev–Trinajstić information content (AvgIpc) is 2.54. The number of carbonyl (C=O) groups excluding carboxylic acids is 1. The minimum atomic E-state index is -0.515. The molecule has 18 heavy (non-hydrogen) atoms. The van der Waals surface area contributed by atoms with Crippen molar-refractivity contribution in [1.82, 2.24) is 10.2 Å². The maximum absolute atomic E-state index is 11.9. The van der Waals surface area contributed by atoms with Gasteiger partial charge in [0.05, 0.1) is 6.10 Å². The Labute approximate surface area is 108 Å². The molecule has 2 N–H and O–H groups in total. The molecule has 2 amide bonds. The first-order valence-electron chi connectivity index (χ1n) is 6.41. The molecule has 0 saturated carbocycles. The van der Waals surface area contributed by atoms with Crippen molar-refractivity contribution in [3.8, 4) is 0 Å². The first-order chi connectivity index (χ1) is 8.51. The summed E-state index contributed by atoms with van der Waals surface area (Å²) in [4.78, 5) is 13.6. The number of hydrogen-bond donors (Lipinski definition) is 2. The zero-order chi connectivity index (χ0) is 13.3. The van der Waals surface area contributed by atoms with Gasteiger partial charge in [0, 0.05) is 26.0 Å². The lowest BCUT2D eigenvalue weighted by Crippen LogP contribution is -2.55. The summed E-state index contributed by atoms with van der Waals surface area (Å²) in [6, 6.07) is -0.190. The molecule has 2 heterocycles. The van der Waals surface area contributed by atoms with E-state index in [0.717, 1.165) is 0 Å². The van der Waals surface area contributed by atoms with Crippen LogP contribution in [-0.4, -0.2) is 41.6 Å². The second-order valence-corrected chi connectivity index (χ2v) is 5.34. The van der Waals surface area contributed by atoms with Crippen LogP contribution < -0.4 is 5.32 Å². The Morgan fingerprint density at radius 3 is 3.06 bits per heavy atom. The fourth-order valence-electron chi connectivity index (χ4n) is 2.78. The lowest BCUT2D eigenvalue weighted by Gasteiger charge is -2.43. The van der Waals surface area contributed by atoms with Gasteiger partial charge < -0.3 is 9.64 Å². The number of amidine groups is 1. The standard InChI is InChI=1S/C13H21N3O2/c1-4-6-16-12(17)15-11(14)13(16)5-7-18-10(8-13)9(2)3/h4,9-10H,1,5-8H2,2-3H3,(H2,14,15,17). The van der Waals surface area contributed by atoms with Crippen LogP contribution in [0.15, 0.2) is 12.7 Å². The van der Waals surface area contributed by atoms with Crippen molar-refractivity contribution in [2.45, 2.75) is 38.3 Å². The van der Waals surface area contributed by atoms with E-state index in [1.54, 1.807) is 11.0 Å². The van der Waals surface area contributed by atoms with Gasteiger partial charge in [-0.3, -0.25) is 10.7 Å². The van der Waals surface area contributed by atoms with E-state index < -0.39 is 5.54 Å². The van der Waals surface area contributed by atoms with Crippen LogP contribution in [0.3, 0.4) is 0 Å². The van der Waals surface area contributed by atoms with Gasteiger partial charge in [-0.15, -0.1) is 6.58 Å². The van der Waals surface area contributed by atoms with Crippen LogP contribution >= 0.6 is 0 Å². The fourth-order valence-corrected chi connectivity index (χ4v) is 2.78. The van der Waals surface area contributed by atoms with Crippen molar-refractivity contribution in [2.75, 3.05) is 13.2 Å². The average molecular weight is 251 g/mol. The Morgan fingerprint density at radius 1 is 1.72 bits per heavy atom. The lowest BCUT2D eigenvalue weighted by molar-refractivity contribution is -0.0522. The summed E-state index contributed by atoms with van der Waals surface area (Å²) in [5.74, 6) is 0.694. The van der Waals surface area contributed by atoms with Crippen LogP contribution in [0.4, 0.5) is 4.79 Å². The molecule has 0 aromatic carbocycles. The quantitative estimate of drug-likeness (QED) is 0.750. The molecule has 2 fully saturated rings. The third-order valence-electron chi connectivity index (χ3n) is 3.90. The van der Waals surface area contributed by atoms with Crippen molar-refractivity contribution >= 4 is 11.9 Å². The van der Waals surface area contributed by atoms with E-state index in [4.69, 9.17) is 10.1 Å². The van der Waals surface area contributed by atoms with E-state index in [-0.39, 0.29) is 12.1 Å². The second-order valence-electron chi connectivity index (χ2n) is 5.34. The van der Waals surface area contributed by atoms with E-state index in [1.807, 2.05) is 0 Å². The molecular formula is C13H21N3O2. The highest BCUT2D eigenvalue weighted by atomic mass is 16.5. The van der Waals surface area contributed by atoms with Gasteiger partial charge in [-0.25, -0.2) is 4.79 Å². The smallest absolute Gasteiger partial charge is 0.323 e. The fraction of sp³-hybridized carbons (Fsp3) is 0.692.